The maximum Gasteiger partial charge on any atom is 0.322 e. The molecule has 0 aliphatic carbocycles. The van der Waals surface area contributed by atoms with Crippen LogP contribution in [0.2, 0.25) is 0 Å². The highest BCUT2D eigenvalue weighted by molar-refractivity contribution is 6.04. The van der Waals surface area contributed by atoms with E-state index >= 15 is 0 Å². The van der Waals surface area contributed by atoms with E-state index in [-0.39, 0.29) is 19.0 Å². The van der Waals surface area contributed by atoms with Crippen LogP contribution in [0.15, 0.2) is 4.99 Å². The second-order valence-corrected chi connectivity index (χ2v) is 4.87. The molecule has 10 nitrogen and oxygen atoms in total. The van der Waals surface area contributed by atoms with Crippen LogP contribution in [0.1, 0.15) is 6.42 Å². The summed E-state index contributed by atoms with van der Waals surface area (Å²) in [4.78, 5) is 29.0. The third-order valence-electron chi connectivity index (χ3n) is 3.60. The van der Waals surface area contributed by atoms with Crippen molar-refractivity contribution < 1.29 is 24.5 Å². The SMILES string of the molecule is NC1=NC2C(NC(=O)N2C2CC(O)C(CO)O2)C(=O)N1. The summed E-state index contributed by atoms with van der Waals surface area (Å²) in [6, 6.07) is -1.37. The van der Waals surface area contributed by atoms with Crippen LogP contribution in [0.4, 0.5) is 4.79 Å². The monoisotopic (exact) mass is 285 g/mol. The number of carbonyl (C=O) groups excluding carboxylic acids is 2. The minimum absolute atomic E-state index is 0.0741. The van der Waals surface area contributed by atoms with Crippen LogP contribution >= 0.6 is 0 Å². The largest absolute Gasteiger partial charge is 0.394 e. The molecule has 0 bridgehead atoms. The molecular formula is C10H15N5O5. The van der Waals surface area contributed by atoms with E-state index in [2.05, 4.69) is 15.6 Å². The van der Waals surface area contributed by atoms with Crippen molar-refractivity contribution in [2.45, 2.75) is 37.1 Å². The molecule has 6 N–H and O–H groups in total. The molecule has 0 aromatic heterocycles. The highest BCUT2D eigenvalue weighted by atomic mass is 16.5. The number of guanidine groups is 1. The molecule has 2 fully saturated rings. The maximum atomic E-state index is 12.0. The van der Waals surface area contributed by atoms with Crippen LogP contribution in [0, 0.1) is 0 Å². The third-order valence-corrected chi connectivity index (χ3v) is 3.60. The highest BCUT2D eigenvalue weighted by Gasteiger charge is 2.51. The van der Waals surface area contributed by atoms with Gasteiger partial charge >= 0.3 is 6.03 Å². The first kappa shape index (κ1) is 13.1. The van der Waals surface area contributed by atoms with Crippen molar-refractivity contribution in [1.82, 2.24) is 15.5 Å². The molecule has 0 radical (unpaired) electrons. The van der Waals surface area contributed by atoms with Gasteiger partial charge in [0.2, 0.25) is 0 Å². The summed E-state index contributed by atoms with van der Waals surface area (Å²) < 4.78 is 5.42. The fraction of sp³-hybridized carbons (Fsp3) is 0.700. The van der Waals surface area contributed by atoms with E-state index in [1.165, 1.54) is 4.90 Å². The first-order valence-electron chi connectivity index (χ1n) is 6.18. The molecule has 10 heteroatoms. The highest BCUT2D eigenvalue weighted by Crippen LogP contribution is 2.29. The van der Waals surface area contributed by atoms with Crippen molar-refractivity contribution in [3.8, 4) is 0 Å². The molecule has 0 spiro atoms. The third kappa shape index (κ3) is 1.88. The summed E-state index contributed by atoms with van der Waals surface area (Å²) in [5, 5.41) is 23.6. The van der Waals surface area contributed by atoms with Gasteiger partial charge in [-0.2, -0.15) is 0 Å². The van der Waals surface area contributed by atoms with E-state index in [1.54, 1.807) is 0 Å². The van der Waals surface area contributed by atoms with E-state index in [1.807, 2.05) is 0 Å². The van der Waals surface area contributed by atoms with Gasteiger partial charge in [-0.25, -0.2) is 9.79 Å². The van der Waals surface area contributed by atoms with E-state index in [0.29, 0.717) is 0 Å². The van der Waals surface area contributed by atoms with Crippen molar-refractivity contribution >= 4 is 17.9 Å². The van der Waals surface area contributed by atoms with E-state index in [9.17, 15) is 14.7 Å². The van der Waals surface area contributed by atoms with Gasteiger partial charge in [-0.05, 0) is 0 Å². The average Bonchev–Trinajstić information content (AvgIpc) is 2.89. The number of nitrogens with one attached hydrogen (secondary N) is 2. The van der Waals surface area contributed by atoms with Gasteiger partial charge in [-0.1, -0.05) is 0 Å². The number of nitrogens with zero attached hydrogens (tertiary/aromatic N) is 2. The summed E-state index contributed by atoms with van der Waals surface area (Å²) in [5.41, 5.74) is 5.49. The zero-order chi connectivity index (χ0) is 14.4. The number of aliphatic imine (C=N–C) groups is 1. The van der Waals surface area contributed by atoms with Gasteiger partial charge in [0.25, 0.3) is 5.91 Å². The lowest BCUT2D eigenvalue weighted by atomic mass is 10.1. The number of fused-ring (bicyclic) bond motifs is 1. The fourth-order valence-corrected chi connectivity index (χ4v) is 2.63. The Hall–Kier alpha value is -1.91. The quantitative estimate of drug-likeness (QED) is 0.357. The average molecular weight is 285 g/mol. The van der Waals surface area contributed by atoms with Crippen molar-refractivity contribution in [2.24, 2.45) is 10.7 Å². The van der Waals surface area contributed by atoms with Crippen molar-refractivity contribution in [3.05, 3.63) is 0 Å². The summed E-state index contributed by atoms with van der Waals surface area (Å²) in [6.45, 7) is -0.354. The number of ether oxygens (including phenoxy) is 1. The summed E-state index contributed by atoms with van der Waals surface area (Å²) >= 11 is 0. The van der Waals surface area contributed by atoms with Gasteiger partial charge in [0.15, 0.2) is 18.2 Å². The Kier molecular flexibility index (Phi) is 3.00. The molecular weight excluding hydrogens is 270 g/mol. The molecule has 20 heavy (non-hydrogen) atoms. The Morgan fingerprint density at radius 1 is 1.50 bits per heavy atom. The van der Waals surface area contributed by atoms with Gasteiger partial charge in [-0.3, -0.25) is 15.0 Å². The summed E-state index contributed by atoms with van der Waals surface area (Å²) in [6.07, 6.45) is -3.08. The zero-order valence-corrected chi connectivity index (χ0v) is 10.4. The van der Waals surface area contributed by atoms with Crippen molar-refractivity contribution in [1.29, 1.82) is 0 Å². The smallest absolute Gasteiger partial charge is 0.322 e. The first-order valence-corrected chi connectivity index (χ1v) is 6.18. The number of amides is 3. The van der Waals surface area contributed by atoms with Crippen LogP contribution in [0.5, 0.6) is 0 Å². The molecule has 0 aromatic rings. The number of aliphatic hydroxyl groups excluding tert-OH is 2. The van der Waals surface area contributed by atoms with Crippen LogP contribution in [0.3, 0.4) is 0 Å². The zero-order valence-electron chi connectivity index (χ0n) is 10.4. The Morgan fingerprint density at radius 2 is 2.25 bits per heavy atom. The van der Waals surface area contributed by atoms with Gasteiger partial charge in [0.05, 0.1) is 12.7 Å². The second-order valence-electron chi connectivity index (χ2n) is 4.87. The molecule has 3 heterocycles. The second kappa shape index (κ2) is 4.58. The summed E-state index contributed by atoms with van der Waals surface area (Å²) in [5.74, 6) is -0.523. The van der Waals surface area contributed by atoms with Crippen molar-refractivity contribution in [2.75, 3.05) is 6.61 Å². The molecule has 110 valence electrons. The Bertz CT molecular complexity index is 483. The van der Waals surface area contributed by atoms with E-state index in [4.69, 9.17) is 15.6 Å². The Balaban J connectivity index is 1.84. The lowest BCUT2D eigenvalue weighted by Crippen LogP contribution is -2.56. The molecule has 3 aliphatic heterocycles. The number of nitrogens with two attached hydrogens (primary N) is 1. The van der Waals surface area contributed by atoms with E-state index in [0.717, 1.165) is 0 Å². The molecule has 5 atom stereocenters. The van der Waals surface area contributed by atoms with Gasteiger partial charge in [-0.15, -0.1) is 0 Å². The lowest BCUT2D eigenvalue weighted by Gasteiger charge is -2.29. The van der Waals surface area contributed by atoms with Crippen LogP contribution < -0.4 is 16.4 Å². The molecule has 3 rings (SSSR count). The van der Waals surface area contributed by atoms with Crippen LogP contribution in [0.25, 0.3) is 0 Å². The Labute approximate surface area is 113 Å². The standard InChI is InChI=1S/C10H15N5O5/c11-9-13-7-6(8(18)14-9)12-10(19)15(7)5-1-3(17)4(2-16)20-5/h3-7,16-17H,1-2H2,(H,12,19)(H3,11,13,14,18). The number of rotatable bonds is 2. The number of urea groups is 1. The van der Waals surface area contributed by atoms with Gasteiger partial charge in [0, 0.05) is 6.42 Å². The number of carbonyl (C=O) groups is 2. The fourth-order valence-electron chi connectivity index (χ4n) is 2.63. The Morgan fingerprint density at radius 3 is 2.90 bits per heavy atom. The normalized spacial score (nSPS) is 40.2. The number of hydrogen-bond donors (Lipinski definition) is 5. The number of hydrogen-bond acceptors (Lipinski definition) is 7. The van der Waals surface area contributed by atoms with Crippen LogP contribution in [-0.4, -0.2) is 70.3 Å². The molecule has 3 amide bonds. The van der Waals surface area contributed by atoms with Gasteiger partial charge in [0.1, 0.15) is 12.3 Å². The minimum atomic E-state index is -0.879. The predicted octanol–water partition coefficient (Wildman–Crippen LogP) is -3.38. The topological polar surface area (TPSA) is 150 Å². The molecule has 2 saturated heterocycles. The number of aliphatic hydroxyl groups is 2. The van der Waals surface area contributed by atoms with Crippen molar-refractivity contribution in [3.63, 3.8) is 0 Å². The lowest BCUT2D eigenvalue weighted by molar-refractivity contribution is -0.123. The molecule has 3 aliphatic rings. The molecule has 0 saturated carbocycles. The maximum absolute atomic E-state index is 12.0. The molecule has 5 unspecified atom stereocenters. The predicted molar refractivity (Wildman–Crippen MR) is 64.1 cm³/mol. The molecule has 0 aromatic carbocycles. The van der Waals surface area contributed by atoms with Crippen LogP contribution in [-0.2, 0) is 9.53 Å². The van der Waals surface area contributed by atoms with E-state index < -0.39 is 42.6 Å². The first-order chi connectivity index (χ1) is 9.51. The van der Waals surface area contributed by atoms with Gasteiger partial charge < -0.3 is 26.0 Å². The minimum Gasteiger partial charge on any atom is -0.394 e. The summed E-state index contributed by atoms with van der Waals surface area (Å²) in [7, 11) is 0.